The van der Waals surface area contributed by atoms with Gasteiger partial charge in [0.05, 0.1) is 12.8 Å². The molecule has 4 saturated carbocycles. The van der Waals surface area contributed by atoms with Crippen LogP contribution in [-0.2, 0) is 0 Å². The highest BCUT2D eigenvalue weighted by atomic mass is 16.5. The molecule has 4 aliphatic rings. The number of pyridine rings is 1. The predicted molar refractivity (Wildman–Crippen MR) is 105 cm³/mol. The molecule has 4 nitrogen and oxygen atoms in total. The Bertz CT molecular complexity index is 824. The van der Waals surface area contributed by atoms with Gasteiger partial charge < -0.3 is 10.1 Å². The first kappa shape index (κ1) is 16.8. The molecule has 0 radical (unpaired) electrons. The standard InChI is InChI=1S/C23H26N2O2/c1-27-19-7-5-18(6-8-19)20-3-2-4-21(24-20)22(26)25-23-12-15-9-16(13-23)11-17(10-15)14-23/h2-8,15-17H,9-14H2,1H3,(H,25,26). The summed E-state index contributed by atoms with van der Waals surface area (Å²) in [6.45, 7) is 0. The number of benzene rings is 1. The third kappa shape index (κ3) is 3.11. The van der Waals surface area contributed by atoms with Crippen LogP contribution < -0.4 is 10.1 Å². The monoisotopic (exact) mass is 362 g/mol. The molecule has 1 aromatic carbocycles. The number of hydrogen-bond acceptors (Lipinski definition) is 3. The molecule has 0 spiro atoms. The molecule has 0 atom stereocenters. The Morgan fingerprint density at radius 3 is 2.22 bits per heavy atom. The maximum atomic E-state index is 13.0. The second kappa shape index (κ2) is 6.36. The van der Waals surface area contributed by atoms with Crippen LogP contribution in [0, 0.1) is 17.8 Å². The smallest absolute Gasteiger partial charge is 0.270 e. The van der Waals surface area contributed by atoms with E-state index in [0.717, 1.165) is 54.0 Å². The lowest BCUT2D eigenvalue weighted by Gasteiger charge is -2.56. The first-order chi connectivity index (χ1) is 13.1. The number of nitrogens with zero attached hydrogens (tertiary/aromatic N) is 1. The van der Waals surface area contributed by atoms with Gasteiger partial charge in [0.1, 0.15) is 11.4 Å². The highest BCUT2D eigenvalue weighted by molar-refractivity contribution is 5.93. The molecule has 140 valence electrons. The predicted octanol–water partition coefficient (Wildman–Crippen LogP) is 4.46. The SMILES string of the molecule is COc1ccc(-c2cccc(C(=O)NC34CC5CC(CC(C5)C3)C4)n2)cc1. The number of ether oxygens (including phenoxy) is 1. The number of carbonyl (C=O) groups excluding carboxylic acids is 1. The fourth-order valence-electron chi connectivity index (χ4n) is 6.05. The van der Waals surface area contributed by atoms with Crippen LogP contribution in [0.1, 0.15) is 49.0 Å². The number of carbonyl (C=O) groups is 1. The van der Waals surface area contributed by atoms with Crippen LogP contribution >= 0.6 is 0 Å². The summed E-state index contributed by atoms with van der Waals surface area (Å²) in [6, 6.07) is 13.5. The summed E-state index contributed by atoms with van der Waals surface area (Å²) in [7, 11) is 1.66. The van der Waals surface area contributed by atoms with Gasteiger partial charge in [-0.15, -0.1) is 0 Å². The first-order valence-corrected chi connectivity index (χ1v) is 10.1. The minimum atomic E-state index is -0.0210. The summed E-state index contributed by atoms with van der Waals surface area (Å²) in [5, 5.41) is 3.42. The van der Waals surface area contributed by atoms with E-state index in [9.17, 15) is 4.79 Å². The van der Waals surface area contributed by atoms with Gasteiger partial charge in [-0.2, -0.15) is 0 Å². The molecule has 0 aliphatic heterocycles. The molecular weight excluding hydrogens is 336 g/mol. The Balaban J connectivity index is 1.36. The lowest BCUT2D eigenvalue weighted by molar-refractivity contribution is -0.0167. The molecular formula is C23H26N2O2. The largest absolute Gasteiger partial charge is 0.497 e. The van der Waals surface area contributed by atoms with Gasteiger partial charge in [0.25, 0.3) is 5.91 Å². The molecule has 1 amide bonds. The van der Waals surface area contributed by atoms with Gasteiger partial charge in [-0.1, -0.05) is 6.07 Å². The summed E-state index contributed by atoms with van der Waals surface area (Å²) in [5.74, 6) is 3.24. The molecule has 27 heavy (non-hydrogen) atoms. The highest BCUT2D eigenvalue weighted by Crippen LogP contribution is 2.55. The van der Waals surface area contributed by atoms with Gasteiger partial charge in [0.2, 0.25) is 0 Å². The Morgan fingerprint density at radius 1 is 1.00 bits per heavy atom. The zero-order valence-electron chi connectivity index (χ0n) is 15.8. The minimum absolute atomic E-state index is 0.0175. The van der Waals surface area contributed by atoms with E-state index < -0.39 is 0 Å². The molecule has 0 unspecified atom stereocenters. The number of rotatable bonds is 4. The molecule has 6 rings (SSSR count). The van der Waals surface area contributed by atoms with Gasteiger partial charge in [0.15, 0.2) is 0 Å². The molecule has 0 saturated heterocycles. The zero-order chi connectivity index (χ0) is 18.4. The normalized spacial score (nSPS) is 30.9. The Morgan fingerprint density at radius 2 is 1.63 bits per heavy atom. The van der Waals surface area contributed by atoms with Crippen molar-refractivity contribution in [2.45, 2.75) is 44.1 Å². The average molecular weight is 362 g/mol. The third-order valence-electron chi connectivity index (χ3n) is 6.78. The molecule has 4 heteroatoms. The second-order valence-corrected chi connectivity index (χ2v) is 8.79. The number of hydrogen-bond donors (Lipinski definition) is 1. The van der Waals surface area contributed by atoms with Crippen LogP contribution in [0.25, 0.3) is 11.3 Å². The van der Waals surface area contributed by atoms with Gasteiger partial charge in [-0.3, -0.25) is 4.79 Å². The van der Waals surface area contributed by atoms with E-state index in [-0.39, 0.29) is 11.4 Å². The zero-order valence-corrected chi connectivity index (χ0v) is 15.8. The van der Waals surface area contributed by atoms with Crippen LogP contribution in [-0.4, -0.2) is 23.5 Å². The van der Waals surface area contributed by atoms with Crippen molar-refractivity contribution in [2.24, 2.45) is 17.8 Å². The summed E-state index contributed by atoms with van der Waals surface area (Å²) < 4.78 is 5.22. The van der Waals surface area contributed by atoms with Crippen LogP contribution in [0.4, 0.5) is 0 Å². The first-order valence-electron chi connectivity index (χ1n) is 10.1. The number of methoxy groups -OCH3 is 1. The molecule has 1 N–H and O–H groups in total. The van der Waals surface area contributed by atoms with E-state index in [4.69, 9.17) is 4.74 Å². The van der Waals surface area contributed by atoms with E-state index in [1.165, 1.54) is 19.3 Å². The molecule has 1 heterocycles. The summed E-state index contributed by atoms with van der Waals surface area (Å²) >= 11 is 0. The van der Waals surface area contributed by atoms with Crippen molar-refractivity contribution < 1.29 is 9.53 Å². The second-order valence-electron chi connectivity index (χ2n) is 8.79. The fraction of sp³-hybridized carbons (Fsp3) is 0.478. The summed E-state index contributed by atoms with van der Waals surface area (Å²) in [4.78, 5) is 17.7. The van der Waals surface area contributed by atoms with Gasteiger partial charge >= 0.3 is 0 Å². The van der Waals surface area contributed by atoms with Crippen LogP contribution in [0.2, 0.25) is 0 Å². The van der Waals surface area contributed by atoms with Crippen molar-refractivity contribution in [2.75, 3.05) is 7.11 Å². The molecule has 4 aliphatic carbocycles. The minimum Gasteiger partial charge on any atom is -0.497 e. The Hall–Kier alpha value is -2.36. The molecule has 4 bridgehead atoms. The Kier molecular flexibility index (Phi) is 3.96. The van der Waals surface area contributed by atoms with Crippen LogP contribution in [0.5, 0.6) is 5.75 Å². The van der Waals surface area contributed by atoms with E-state index >= 15 is 0 Å². The number of aromatic nitrogens is 1. The number of amides is 1. The van der Waals surface area contributed by atoms with Crippen molar-refractivity contribution in [1.82, 2.24) is 10.3 Å². The fourth-order valence-corrected chi connectivity index (χ4v) is 6.05. The summed E-state index contributed by atoms with van der Waals surface area (Å²) in [5.41, 5.74) is 2.33. The van der Waals surface area contributed by atoms with Crippen molar-refractivity contribution in [3.05, 3.63) is 48.2 Å². The topological polar surface area (TPSA) is 51.2 Å². The summed E-state index contributed by atoms with van der Waals surface area (Å²) in [6.07, 6.45) is 7.59. The highest BCUT2D eigenvalue weighted by Gasteiger charge is 2.51. The number of nitrogens with one attached hydrogen (secondary N) is 1. The van der Waals surface area contributed by atoms with E-state index in [2.05, 4.69) is 10.3 Å². The molecule has 2 aromatic rings. The van der Waals surface area contributed by atoms with E-state index in [0.29, 0.717) is 5.69 Å². The van der Waals surface area contributed by atoms with E-state index in [1.807, 2.05) is 42.5 Å². The van der Waals surface area contributed by atoms with Gasteiger partial charge in [-0.05, 0) is 92.7 Å². The lowest BCUT2D eigenvalue weighted by Crippen LogP contribution is -2.59. The van der Waals surface area contributed by atoms with E-state index in [1.54, 1.807) is 7.11 Å². The van der Waals surface area contributed by atoms with Crippen molar-refractivity contribution >= 4 is 5.91 Å². The third-order valence-corrected chi connectivity index (χ3v) is 6.78. The van der Waals surface area contributed by atoms with Crippen molar-refractivity contribution in [3.8, 4) is 17.0 Å². The van der Waals surface area contributed by atoms with Crippen LogP contribution in [0.3, 0.4) is 0 Å². The van der Waals surface area contributed by atoms with Crippen LogP contribution in [0.15, 0.2) is 42.5 Å². The van der Waals surface area contributed by atoms with Crippen molar-refractivity contribution in [3.63, 3.8) is 0 Å². The van der Waals surface area contributed by atoms with Gasteiger partial charge in [-0.25, -0.2) is 4.98 Å². The quantitative estimate of drug-likeness (QED) is 0.874. The van der Waals surface area contributed by atoms with Crippen molar-refractivity contribution in [1.29, 1.82) is 0 Å². The maximum Gasteiger partial charge on any atom is 0.270 e. The Labute approximate surface area is 160 Å². The molecule has 4 fully saturated rings. The average Bonchev–Trinajstić information content (AvgIpc) is 2.67. The van der Waals surface area contributed by atoms with Gasteiger partial charge in [0, 0.05) is 11.1 Å². The lowest BCUT2D eigenvalue weighted by atomic mass is 9.53. The maximum absolute atomic E-state index is 13.0. The molecule has 1 aromatic heterocycles.